The zero-order valence-corrected chi connectivity index (χ0v) is 26.5. The van der Waals surface area contributed by atoms with Crippen LogP contribution in [0.2, 0.25) is 0 Å². The average Bonchev–Trinajstić information content (AvgIpc) is 3.44. The number of furan rings is 1. The number of hydrogen-bond acceptors (Lipinski definition) is 1. The van der Waals surface area contributed by atoms with Gasteiger partial charge in [0.2, 0.25) is 0 Å². The minimum atomic E-state index is 0.138. The van der Waals surface area contributed by atoms with E-state index in [2.05, 4.69) is 162 Å². The maximum atomic E-state index is 6.29. The van der Waals surface area contributed by atoms with Crippen molar-refractivity contribution in [2.45, 2.75) is 40.0 Å². The van der Waals surface area contributed by atoms with Crippen LogP contribution in [0, 0.1) is 13.8 Å². The summed E-state index contributed by atoms with van der Waals surface area (Å²) in [5.74, 6) is 0. The van der Waals surface area contributed by atoms with E-state index in [-0.39, 0.29) is 5.41 Å². The summed E-state index contributed by atoms with van der Waals surface area (Å²) >= 11 is 0. The van der Waals surface area contributed by atoms with Crippen LogP contribution in [0.4, 0.5) is 0 Å². The van der Waals surface area contributed by atoms with Crippen LogP contribution in [0.15, 0.2) is 132 Å². The van der Waals surface area contributed by atoms with E-state index in [0.717, 1.165) is 21.9 Å². The Kier molecular flexibility index (Phi) is 6.22. The number of benzene rings is 7. The molecule has 8 aromatic rings. The van der Waals surface area contributed by atoms with Crippen molar-refractivity contribution in [1.29, 1.82) is 0 Å². The van der Waals surface area contributed by atoms with Gasteiger partial charge in [-0.05, 0) is 127 Å². The molecule has 0 aliphatic heterocycles. The van der Waals surface area contributed by atoms with Gasteiger partial charge in [-0.15, -0.1) is 0 Å². The molecule has 0 unspecified atom stereocenters. The molecule has 0 aliphatic rings. The highest BCUT2D eigenvalue weighted by atomic mass is 16.3. The zero-order valence-electron chi connectivity index (χ0n) is 26.5. The van der Waals surface area contributed by atoms with Crippen LogP contribution in [-0.4, -0.2) is 0 Å². The summed E-state index contributed by atoms with van der Waals surface area (Å²) in [7, 11) is 0. The third-order valence-electron chi connectivity index (χ3n) is 9.65. The number of aryl methyl sites for hydroxylation is 2. The summed E-state index contributed by atoms with van der Waals surface area (Å²) in [5.41, 5.74) is 13.3. The van der Waals surface area contributed by atoms with Gasteiger partial charge in [0, 0.05) is 10.8 Å². The lowest BCUT2D eigenvalue weighted by molar-refractivity contribution is 0.590. The van der Waals surface area contributed by atoms with Crippen molar-refractivity contribution in [2.24, 2.45) is 0 Å². The molecular weight excluding hydrogens is 544 g/mol. The van der Waals surface area contributed by atoms with Crippen molar-refractivity contribution in [3.05, 3.63) is 144 Å². The summed E-state index contributed by atoms with van der Waals surface area (Å²) in [6.45, 7) is 11.3. The second-order valence-corrected chi connectivity index (χ2v) is 13.5. The van der Waals surface area contributed by atoms with E-state index in [4.69, 9.17) is 4.42 Å². The predicted octanol–water partition coefficient (Wildman–Crippen LogP) is 12.8. The Bertz CT molecular complexity index is 2400. The first-order valence-electron chi connectivity index (χ1n) is 15.8. The Labute approximate surface area is 264 Å². The molecule has 0 radical (unpaired) electrons. The minimum absolute atomic E-state index is 0.138. The molecule has 0 saturated carbocycles. The van der Waals surface area contributed by atoms with Gasteiger partial charge in [0.05, 0.1) is 0 Å². The molecular formula is C44H36O. The minimum Gasteiger partial charge on any atom is -0.456 e. The molecule has 0 fully saturated rings. The van der Waals surface area contributed by atoms with Crippen molar-refractivity contribution in [3.8, 4) is 33.4 Å². The second kappa shape index (κ2) is 10.2. The normalized spacial score (nSPS) is 12.1. The summed E-state index contributed by atoms with van der Waals surface area (Å²) in [5, 5.41) is 7.56. The lowest BCUT2D eigenvalue weighted by Crippen LogP contribution is -2.10. The Hall–Kier alpha value is -5.14. The second-order valence-electron chi connectivity index (χ2n) is 13.5. The quantitative estimate of drug-likeness (QED) is 0.189. The van der Waals surface area contributed by atoms with Gasteiger partial charge in [-0.2, -0.15) is 0 Å². The van der Waals surface area contributed by atoms with Crippen LogP contribution in [0.25, 0.3) is 76.9 Å². The van der Waals surface area contributed by atoms with Crippen molar-refractivity contribution >= 4 is 43.5 Å². The van der Waals surface area contributed by atoms with E-state index < -0.39 is 0 Å². The monoisotopic (exact) mass is 580 g/mol. The van der Waals surface area contributed by atoms with Crippen molar-refractivity contribution in [2.75, 3.05) is 0 Å². The maximum absolute atomic E-state index is 6.29. The molecule has 8 rings (SSSR count). The fourth-order valence-electron chi connectivity index (χ4n) is 6.94. The highest BCUT2D eigenvalue weighted by Crippen LogP contribution is 2.39. The number of rotatable bonds is 3. The largest absolute Gasteiger partial charge is 0.456 e. The van der Waals surface area contributed by atoms with E-state index in [1.54, 1.807) is 0 Å². The molecule has 1 aromatic heterocycles. The predicted molar refractivity (Wildman–Crippen MR) is 193 cm³/mol. The molecule has 0 N–H and O–H groups in total. The summed E-state index contributed by atoms with van der Waals surface area (Å²) in [4.78, 5) is 0. The lowest BCUT2D eigenvalue weighted by atomic mass is 9.86. The molecule has 0 bridgehead atoms. The fourth-order valence-corrected chi connectivity index (χ4v) is 6.94. The van der Waals surface area contributed by atoms with Crippen LogP contribution in [0.3, 0.4) is 0 Å². The molecule has 1 heteroatoms. The van der Waals surface area contributed by atoms with Gasteiger partial charge in [0.1, 0.15) is 11.2 Å². The number of hydrogen-bond donors (Lipinski definition) is 0. The van der Waals surface area contributed by atoms with E-state index in [1.807, 2.05) is 0 Å². The van der Waals surface area contributed by atoms with Gasteiger partial charge in [0.25, 0.3) is 0 Å². The Balaban J connectivity index is 1.22. The van der Waals surface area contributed by atoms with E-state index in [1.165, 1.54) is 71.6 Å². The van der Waals surface area contributed by atoms with Gasteiger partial charge in [-0.3, -0.25) is 0 Å². The third-order valence-corrected chi connectivity index (χ3v) is 9.65. The van der Waals surface area contributed by atoms with Gasteiger partial charge in [-0.1, -0.05) is 112 Å². The number of fused-ring (bicyclic) bond motifs is 5. The van der Waals surface area contributed by atoms with Crippen LogP contribution in [-0.2, 0) is 5.41 Å². The SMILES string of the molecule is Cc1c2ccc(-c3ccc4oc5ccc(-c6ccc(C(C)(C)C)cc6)cc5c4c3)cc2c(C)c2ccc(-c3ccccc3)cc12. The molecule has 0 amide bonds. The van der Waals surface area contributed by atoms with Gasteiger partial charge in [-0.25, -0.2) is 0 Å². The summed E-state index contributed by atoms with van der Waals surface area (Å²) < 4.78 is 6.29. The molecule has 1 nitrogen and oxygen atoms in total. The summed E-state index contributed by atoms with van der Waals surface area (Å²) in [6, 6.07) is 46.6. The van der Waals surface area contributed by atoms with E-state index in [0.29, 0.717) is 0 Å². The Morgan fingerprint density at radius 3 is 1.27 bits per heavy atom. The Morgan fingerprint density at radius 2 is 0.778 bits per heavy atom. The summed E-state index contributed by atoms with van der Waals surface area (Å²) in [6.07, 6.45) is 0. The van der Waals surface area contributed by atoms with Crippen LogP contribution < -0.4 is 0 Å². The van der Waals surface area contributed by atoms with Crippen LogP contribution >= 0.6 is 0 Å². The molecule has 218 valence electrons. The van der Waals surface area contributed by atoms with Gasteiger partial charge >= 0.3 is 0 Å². The zero-order chi connectivity index (χ0) is 30.9. The molecule has 0 atom stereocenters. The Morgan fingerprint density at radius 1 is 0.378 bits per heavy atom. The van der Waals surface area contributed by atoms with Crippen LogP contribution in [0.1, 0.15) is 37.5 Å². The molecule has 7 aromatic carbocycles. The van der Waals surface area contributed by atoms with E-state index in [9.17, 15) is 0 Å². The van der Waals surface area contributed by atoms with Crippen molar-refractivity contribution in [1.82, 2.24) is 0 Å². The van der Waals surface area contributed by atoms with Crippen molar-refractivity contribution in [3.63, 3.8) is 0 Å². The highest BCUT2D eigenvalue weighted by molar-refractivity contribution is 6.09. The molecule has 1 heterocycles. The van der Waals surface area contributed by atoms with Gasteiger partial charge in [0.15, 0.2) is 0 Å². The smallest absolute Gasteiger partial charge is 0.135 e. The highest BCUT2D eigenvalue weighted by Gasteiger charge is 2.15. The first-order chi connectivity index (χ1) is 21.7. The first kappa shape index (κ1) is 27.4. The first-order valence-corrected chi connectivity index (χ1v) is 15.8. The van der Waals surface area contributed by atoms with Crippen LogP contribution in [0.5, 0.6) is 0 Å². The third kappa shape index (κ3) is 4.62. The maximum Gasteiger partial charge on any atom is 0.135 e. The molecule has 45 heavy (non-hydrogen) atoms. The van der Waals surface area contributed by atoms with Gasteiger partial charge < -0.3 is 4.42 Å². The standard InChI is InChI=1S/C44H36O/c1-27-37-20-14-33(24-39(37)28(2)36-19-13-31(23-38(27)36)29-9-7-6-8-10-29)34-16-22-43-41(26-34)40-25-32(15-21-42(40)45-43)30-11-17-35(18-12-30)44(3,4)5/h6-26H,1-5H3. The van der Waals surface area contributed by atoms with E-state index >= 15 is 0 Å². The topological polar surface area (TPSA) is 13.1 Å². The molecule has 0 aliphatic carbocycles. The fraction of sp³-hybridized carbons (Fsp3) is 0.136. The molecule has 0 saturated heterocycles. The molecule has 0 spiro atoms. The lowest BCUT2D eigenvalue weighted by Gasteiger charge is -2.19. The van der Waals surface area contributed by atoms with Crippen molar-refractivity contribution < 1.29 is 4.42 Å². The average molecular weight is 581 g/mol.